The average molecular weight is 451 g/mol. The molecule has 0 bridgehead atoms. The molecule has 0 aliphatic heterocycles. The van der Waals surface area contributed by atoms with Gasteiger partial charge in [-0.05, 0) is 25.1 Å². The summed E-state index contributed by atoms with van der Waals surface area (Å²) in [6, 6.07) is 4.49. The molecule has 0 saturated carbocycles. The highest BCUT2D eigenvalue weighted by Crippen LogP contribution is 2.39. The first kappa shape index (κ1) is 20.7. The molecule has 9 nitrogen and oxygen atoms in total. The zero-order valence-corrected chi connectivity index (χ0v) is 16.8. The molecule has 0 spiro atoms. The summed E-state index contributed by atoms with van der Waals surface area (Å²) in [5, 5.41) is 10.4. The molecule has 0 fully saturated rings. The lowest BCUT2D eigenvalue weighted by atomic mass is 10.1. The second-order valence-corrected chi connectivity index (χ2v) is 7.08. The summed E-state index contributed by atoms with van der Waals surface area (Å²) in [6.07, 6.45) is -2.25. The Labute approximate surface area is 177 Å². The predicted octanol–water partition coefficient (Wildman–Crippen LogP) is 3.16. The Balaban J connectivity index is 1.80. The highest BCUT2D eigenvalue weighted by atomic mass is 35.5. The second kappa shape index (κ2) is 7.61. The van der Waals surface area contributed by atoms with Gasteiger partial charge in [0.25, 0.3) is 5.56 Å². The normalized spacial score (nSPS) is 12.8. The van der Waals surface area contributed by atoms with Crippen molar-refractivity contribution in [1.82, 2.24) is 34.9 Å². The number of halogens is 4. The van der Waals surface area contributed by atoms with E-state index >= 15 is 0 Å². The molecule has 1 aromatic carbocycles. The van der Waals surface area contributed by atoms with Crippen LogP contribution in [0.3, 0.4) is 0 Å². The van der Waals surface area contributed by atoms with Gasteiger partial charge in [0.15, 0.2) is 11.6 Å². The maximum absolute atomic E-state index is 13.5. The minimum absolute atomic E-state index is 0.0856. The number of benzene rings is 1. The summed E-state index contributed by atoms with van der Waals surface area (Å²) in [6.45, 7) is 1.77. The van der Waals surface area contributed by atoms with Crippen molar-refractivity contribution in [2.45, 2.75) is 19.1 Å². The number of nitrogens with zero attached hydrogens (tertiary/aromatic N) is 7. The highest BCUT2D eigenvalue weighted by molar-refractivity contribution is 6.31. The van der Waals surface area contributed by atoms with Crippen LogP contribution in [-0.4, -0.2) is 42.0 Å². The number of hydrogen-bond donors (Lipinski definition) is 1. The Morgan fingerprint density at radius 2 is 1.94 bits per heavy atom. The fraction of sp³-hybridized carbons (Fsp3) is 0.222. The third-order valence-corrected chi connectivity index (χ3v) is 4.95. The van der Waals surface area contributed by atoms with E-state index in [-0.39, 0.29) is 27.3 Å². The van der Waals surface area contributed by atoms with Gasteiger partial charge in [-0.1, -0.05) is 11.6 Å². The van der Waals surface area contributed by atoms with E-state index in [0.29, 0.717) is 11.6 Å². The molecule has 160 valence electrons. The molecular formula is C18H14ClF3N8O. The lowest BCUT2D eigenvalue weighted by Gasteiger charge is -2.26. The maximum atomic E-state index is 13.5. The molecule has 4 aromatic rings. The van der Waals surface area contributed by atoms with Gasteiger partial charge in [0.05, 0.1) is 17.1 Å². The Morgan fingerprint density at radius 3 is 2.61 bits per heavy atom. The zero-order chi connectivity index (χ0) is 22.3. The Hall–Kier alpha value is -3.54. The molecule has 0 radical (unpaired) electrons. The molecule has 1 N–H and O–H groups in total. The lowest BCUT2D eigenvalue weighted by molar-refractivity contribution is -0.136. The standard InChI is InChI=1S/C18H14ClF3N8O/c1-9(16-25-8-26-30(16)13-3-4-14(31)28-27-13)29(2)17-11-5-10(19)6-12(18(20,21)22)15(11)23-7-24-17/h3-9H,1-2H3,(H,28,31)/t9-/m0/s1. The lowest BCUT2D eigenvalue weighted by Crippen LogP contribution is -2.26. The zero-order valence-electron chi connectivity index (χ0n) is 16.1. The number of aromatic amines is 1. The van der Waals surface area contributed by atoms with Crippen molar-refractivity contribution in [2.24, 2.45) is 0 Å². The molecule has 0 unspecified atom stereocenters. The molecule has 1 atom stereocenters. The van der Waals surface area contributed by atoms with Gasteiger partial charge in [0.1, 0.15) is 18.5 Å². The van der Waals surface area contributed by atoms with Crippen LogP contribution in [0.25, 0.3) is 16.7 Å². The molecule has 0 amide bonds. The van der Waals surface area contributed by atoms with Crippen LogP contribution < -0.4 is 10.5 Å². The third-order valence-electron chi connectivity index (χ3n) is 4.73. The van der Waals surface area contributed by atoms with Crippen LogP contribution >= 0.6 is 11.6 Å². The summed E-state index contributed by atoms with van der Waals surface area (Å²) >= 11 is 5.97. The molecule has 31 heavy (non-hydrogen) atoms. The van der Waals surface area contributed by atoms with Crippen LogP contribution in [0.4, 0.5) is 19.0 Å². The van der Waals surface area contributed by atoms with Gasteiger partial charge >= 0.3 is 6.18 Å². The predicted molar refractivity (Wildman–Crippen MR) is 106 cm³/mol. The largest absolute Gasteiger partial charge is 0.418 e. The monoisotopic (exact) mass is 450 g/mol. The summed E-state index contributed by atoms with van der Waals surface area (Å²) in [7, 11) is 1.65. The summed E-state index contributed by atoms with van der Waals surface area (Å²) in [5.41, 5.74) is -1.58. The number of H-pyrrole nitrogens is 1. The topological polar surface area (TPSA) is 105 Å². The number of nitrogens with one attached hydrogen (secondary N) is 1. The van der Waals surface area contributed by atoms with E-state index in [1.54, 1.807) is 18.9 Å². The van der Waals surface area contributed by atoms with Gasteiger partial charge in [-0.2, -0.15) is 28.1 Å². The summed E-state index contributed by atoms with van der Waals surface area (Å²) in [5.74, 6) is 0.976. The quantitative estimate of drug-likeness (QED) is 0.509. The van der Waals surface area contributed by atoms with Crippen molar-refractivity contribution >= 4 is 28.3 Å². The first-order valence-corrected chi connectivity index (χ1v) is 9.25. The Bertz CT molecular complexity index is 1300. The first-order valence-electron chi connectivity index (χ1n) is 8.87. The second-order valence-electron chi connectivity index (χ2n) is 6.64. The molecule has 3 aromatic heterocycles. The van der Waals surface area contributed by atoms with E-state index in [9.17, 15) is 18.0 Å². The van der Waals surface area contributed by atoms with Gasteiger partial charge < -0.3 is 4.90 Å². The maximum Gasteiger partial charge on any atom is 0.418 e. The Morgan fingerprint density at radius 1 is 1.16 bits per heavy atom. The minimum atomic E-state index is -4.63. The van der Waals surface area contributed by atoms with Crippen LogP contribution in [0.15, 0.2) is 41.7 Å². The minimum Gasteiger partial charge on any atom is -0.349 e. The Kier molecular flexibility index (Phi) is 5.09. The number of aromatic nitrogens is 7. The molecular weight excluding hydrogens is 437 g/mol. The van der Waals surface area contributed by atoms with Gasteiger partial charge in [-0.15, -0.1) is 0 Å². The van der Waals surface area contributed by atoms with E-state index < -0.39 is 17.8 Å². The van der Waals surface area contributed by atoms with Crippen molar-refractivity contribution in [2.75, 3.05) is 11.9 Å². The van der Waals surface area contributed by atoms with Crippen molar-refractivity contribution in [3.63, 3.8) is 0 Å². The number of hydrogen-bond acceptors (Lipinski definition) is 7. The molecule has 13 heteroatoms. The number of anilines is 1. The van der Waals surface area contributed by atoms with Gasteiger partial charge in [0.2, 0.25) is 0 Å². The number of rotatable bonds is 4. The average Bonchev–Trinajstić information content (AvgIpc) is 3.21. The fourth-order valence-corrected chi connectivity index (χ4v) is 3.36. The van der Waals surface area contributed by atoms with Crippen molar-refractivity contribution in [3.8, 4) is 5.82 Å². The van der Waals surface area contributed by atoms with Crippen molar-refractivity contribution in [3.05, 3.63) is 63.7 Å². The number of fused-ring (bicyclic) bond motifs is 1. The van der Waals surface area contributed by atoms with E-state index in [1.807, 2.05) is 0 Å². The molecule has 3 heterocycles. The van der Waals surface area contributed by atoms with Crippen molar-refractivity contribution < 1.29 is 13.2 Å². The smallest absolute Gasteiger partial charge is 0.349 e. The first-order chi connectivity index (χ1) is 14.7. The van der Waals surface area contributed by atoms with Crippen molar-refractivity contribution in [1.29, 1.82) is 0 Å². The number of alkyl halides is 3. The van der Waals surface area contributed by atoms with Gasteiger partial charge in [-0.3, -0.25) is 4.79 Å². The van der Waals surface area contributed by atoms with Gasteiger partial charge in [-0.25, -0.2) is 20.1 Å². The van der Waals surface area contributed by atoms with Crippen LogP contribution in [0.2, 0.25) is 5.02 Å². The SMILES string of the molecule is C[C@@H](c1ncnn1-c1ccc(=O)[nH]n1)N(C)c1ncnc2c(C(F)(F)F)cc(Cl)cc12. The van der Waals surface area contributed by atoms with E-state index in [0.717, 1.165) is 12.4 Å². The third kappa shape index (κ3) is 3.81. The van der Waals surface area contributed by atoms with Crippen LogP contribution in [-0.2, 0) is 6.18 Å². The van der Waals surface area contributed by atoms with Gasteiger partial charge in [0, 0.05) is 23.5 Å². The van der Waals surface area contributed by atoms with Crippen LogP contribution in [0.1, 0.15) is 24.4 Å². The molecule has 0 aliphatic carbocycles. The van der Waals surface area contributed by atoms with Crippen LogP contribution in [0.5, 0.6) is 0 Å². The molecule has 0 aliphatic rings. The fourth-order valence-electron chi connectivity index (χ4n) is 3.14. The summed E-state index contributed by atoms with van der Waals surface area (Å²) < 4.78 is 41.9. The summed E-state index contributed by atoms with van der Waals surface area (Å²) in [4.78, 5) is 25.2. The molecule has 4 rings (SSSR count). The van der Waals surface area contributed by atoms with E-state index in [1.165, 1.54) is 29.2 Å². The highest BCUT2D eigenvalue weighted by Gasteiger charge is 2.35. The van der Waals surface area contributed by atoms with E-state index in [4.69, 9.17) is 11.6 Å². The van der Waals surface area contributed by atoms with E-state index in [2.05, 4.69) is 30.2 Å². The molecule has 0 saturated heterocycles. The van der Waals surface area contributed by atoms with Crippen LogP contribution in [0, 0.1) is 0 Å².